The summed E-state index contributed by atoms with van der Waals surface area (Å²) in [5, 5.41) is 1.84. The van der Waals surface area contributed by atoms with Crippen molar-refractivity contribution in [2.45, 2.75) is 0 Å². The third kappa shape index (κ3) is 2.50. The molecule has 1 radical (unpaired) electrons. The number of aromatic nitrogens is 1. The number of fused-ring (bicyclic) bond motifs is 1. The normalized spacial score (nSPS) is 10.6. The van der Waals surface area contributed by atoms with Crippen LogP contribution in [-0.2, 0) is 0 Å². The molecule has 2 nitrogen and oxygen atoms in total. The van der Waals surface area contributed by atoms with E-state index in [0.29, 0.717) is 21.7 Å². The van der Waals surface area contributed by atoms with Gasteiger partial charge in [0.25, 0.3) is 0 Å². The summed E-state index contributed by atoms with van der Waals surface area (Å²) < 4.78 is 5.66. The predicted molar refractivity (Wildman–Crippen MR) is 77.1 cm³/mol. The topological polar surface area (TPSA) is 22.1 Å². The average molecular weight is 289 g/mol. The van der Waals surface area contributed by atoms with E-state index in [-0.39, 0.29) is 0 Å². The molecule has 0 aliphatic rings. The molecule has 93 valence electrons. The largest absolute Gasteiger partial charge is 0.437 e. The number of halogens is 2. The number of nitrogens with zero attached hydrogens (tertiary/aromatic N) is 1. The van der Waals surface area contributed by atoms with Gasteiger partial charge in [0.1, 0.15) is 10.8 Å². The Kier molecular flexibility index (Phi) is 3.28. The molecule has 0 saturated carbocycles. The van der Waals surface area contributed by atoms with Gasteiger partial charge >= 0.3 is 0 Å². The summed E-state index contributed by atoms with van der Waals surface area (Å²) in [6.45, 7) is 0. The quantitative estimate of drug-likeness (QED) is 0.652. The van der Waals surface area contributed by atoms with E-state index in [4.69, 9.17) is 27.9 Å². The van der Waals surface area contributed by atoms with Crippen molar-refractivity contribution in [2.75, 3.05) is 0 Å². The van der Waals surface area contributed by atoms with Crippen molar-refractivity contribution < 1.29 is 4.74 Å². The lowest BCUT2D eigenvalue weighted by Gasteiger charge is -2.08. The highest BCUT2D eigenvalue weighted by Gasteiger charge is 2.07. The molecule has 1 aromatic heterocycles. The summed E-state index contributed by atoms with van der Waals surface area (Å²) in [6.07, 6.45) is 0. The number of pyridine rings is 1. The van der Waals surface area contributed by atoms with Crippen LogP contribution in [0.1, 0.15) is 0 Å². The third-order valence-corrected chi connectivity index (χ3v) is 3.44. The van der Waals surface area contributed by atoms with Crippen molar-refractivity contribution in [3.63, 3.8) is 0 Å². The standard InChI is InChI=1S/C15H8Cl2NO/c16-11-5-3-7-13(15(11)17)19-14-9-8-10-4-1-2-6-12(10)18-14/h2-9H. The first kappa shape index (κ1) is 12.3. The second-order valence-electron chi connectivity index (χ2n) is 3.92. The maximum Gasteiger partial charge on any atom is 0.219 e. The maximum absolute atomic E-state index is 6.07. The average Bonchev–Trinajstić information content (AvgIpc) is 2.44. The van der Waals surface area contributed by atoms with Crippen molar-refractivity contribution in [2.24, 2.45) is 0 Å². The van der Waals surface area contributed by atoms with Gasteiger partial charge < -0.3 is 4.74 Å². The summed E-state index contributed by atoms with van der Waals surface area (Å²) in [7, 11) is 0. The van der Waals surface area contributed by atoms with Crippen LogP contribution in [0.5, 0.6) is 11.6 Å². The fourth-order valence-electron chi connectivity index (χ4n) is 1.72. The van der Waals surface area contributed by atoms with Gasteiger partial charge in [-0.1, -0.05) is 35.3 Å². The molecule has 4 heteroatoms. The number of hydrogen-bond acceptors (Lipinski definition) is 2. The van der Waals surface area contributed by atoms with Crippen molar-refractivity contribution in [3.8, 4) is 11.6 Å². The number of ether oxygens (including phenoxy) is 1. The van der Waals surface area contributed by atoms with Crippen LogP contribution in [0.2, 0.25) is 10.0 Å². The van der Waals surface area contributed by atoms with Crippen LogP contribution in [0.3, 0.4) is 0 Å². The Hall–Kier alpha value is -1.77. The molecule has 3 aromatic rings. The highest BCUT2D eigenvalue weighted by molar-refractivity contribution is 6.42. The van der Waals surface area contributed by atoms with Crippen LogP contribution < -0.4 is 4.74 Å². The van der Waals surface area contributed by atoms with E-state index in [9.17, 15) is 0 Å². The molecule has 0 spiro atoms. The summed E-state index contributed by atoms with van der Waals surface area (Å²) >= 11 is 12.0. The minimum Gasteiger partial charge on any atom is -0.437 e. The molecule has 1 heterocycles. The molecular formula is C15H8Cl2NO. The Balaban J connectivity index is 1.99. The zero-order valence-corrected chi connectivity index (χ0v) is 11.2. The van der Waals surface area contributed by atoms with Gasteiger partial charge in [0, 0.05) is 11.5 Å². The zero-order chi connectivity index (χ0) is 13.2. The van der Waals surface area contributed by atoms with Gasteiger partial charge in [-0.2, -0.15) is 0 Å². The SMILES string of the molecule is Clc1cccc(Oc2ccc3c[c]ccc3n2)c1Cl. The van der Waals surface area contributed by atoms with E-state index in [1.165, 1.54) is 0 Å². The molecule has 0 saturated heterocycles. The monoisotopic (exact) mass is 288 g/mol. The highest BCUT2D eigenvalue weighted by Crippen LogP contribution is 2.34. The number of rotatable bonds is 2. The smallest absolute Gasteiger partial charge is 0.219 e. The van der Waals surface area contributed by atoms with Crippen LogP contribution in [0, 0.1) is 6.07 Å². The molecule has 0 unspecified atom stereocenters. The van der Waals surface area contributed by atoms with Crippen LogP contribution in [0.4, 0.5) is 0 Å². The van der Waals surface area contributed by atoms with Gasteiger partial charge in [-0.3, -0.25) is 0 Å². The molecule has 0 N–H and O–H groups in total. The van der Waals surface area contributed by atoms with E-state index < -0.39 is 0 Å². The molecule has 0 bridgehead atoms. The maximum atomic E-state index is 6.07. The molecule has 19 heavy (non-hydrogen) atoms. The summed E-state index contributed by atoms with van der Waals surface area (Å²) in [5.41, 5.74) is 0.842. The first-order valence-corrected chi connectivity index (χ1v) is 6.38. The van der Waals surface area contributed by atoms with Gasteiger partial charge in [0.2, 0.25) is 5.88 Å². The van der Waals surface area contributed by atoms with Gasteiger partial charge in [-0.15, -0.1) is 0 Å². The van der Waals surface area contributed by atoms with Crippen LogP contribution >= 0.6 is 23.2 Å². The highest BCUT2D eigenvalue weighted by atomic mass is 35.5. The van der Waals surface area contributed by atoms with Gasteiger partial charge in [0.05, 0.1) is 10.5 Å². The van der Waals surface area contributed by atoms with Crippen molar-refractivity contribution in [1.82, 2.24) is 4.98 Å². The second-order valence-corrected chi connectivity index (χ2v) is 4.71. The van der Waals surface area contributed by atoms with E-state index in [1.54, 1.807) is 24.3 Å². The first-order valence-electron chi connectivity index (χ1n) is 5.63. The summed E-state index contributed by atoms with van der Waals surface area (Å²) in [4.78, 5) is 4.40. The zero-order valence-electron chi connectivity index (χ0n) is 9.73. The molecule has 0 aliphatic carbocycles. The predicted octanol–water partition coefficient (Wildman–Crippen LogP) is 5.13. The molecule has 3 rings (SSSR count). The molecule has 0 amide bonds. The van der Waals surface area contributed by atoms with Gasteiger partial charge in [0.15, 0.2) is 0 Å². The molecule has 0 fully saturated rings. The molecule has 2 aromatic carbocycles. The Bertz CT molecular complexity index is 743. The lowest BCUT2D eigenvalue weighted by atomic mass is 10.2. The molecule has 0 atom stereocenters. The minimum atomic E-state index is 0.382. The lowest BCUT2D eigenvalue weighted by molar-refractivity contribution is 0.465. The summed E-state index contributed by atoms with van der Waals surface area (Å²) in [6, 6.07) is 17.5. The van der Waals surface area contributed by atoms with E-state index >= 15 is 0 Å². The van der Waals surface area contributed by atoms with E-state index in [0.717, 1.165) is 10.9 Å². The van der Waals surface area contributed by atoms with E-state index in [1.807, 2.05) is 24.3 Å². The number of benzene rings is 2. The Morgan fingerprint density at radius 2 is 1.95 bits per heavy atom. The fraction of sp³-hybridized carbons (Fsp3) is 0. The Morgan fingerprint density at radius 1 is 1.05 bits per heavy atom. The van der Waals surface area contributed by atoms with Crippen LogP contribution in [0.15, 0.2) is 48.5 Å². The van der Waals surface area contributed by atoms with Gasteiger partial charge in [-0.25, -0.2) is 4.98 Å². The molecule has 0 aliphatic heterocycles. The first-order chi connectivity index (χ1) is 9.24. The third-order valence-electron chi connectivity index (χ3n) is 2.64. The minimum absolute atomic E-state index is 0.382. The number of hydrogen-bond donors (Lipinski definition) is 0. The van der Waals surface area contributed by atoms with Crippen LogP contribution in [-0.4, -0.2) is 4.98 Å². The molecular weight excluding hydrogens is 281 g/mol. The lowest BCUT2D eigenvalue weighted by Crippen LogP contribution is -1.89. The van der Waals surface area contributed by atoms with Crippen molar-refractivity contribution in [1.29, 1.82) is 0 Å². The second kappa shape index (κ2) is 5.08. The van der Waals surface area contributed by atoms with Gasteiger partial charge in [-0.05, 0) is 36.4 Å². The van der Waals surface area contributed by atoms with Crippen LogP contribution in [0.25, 0.3) is 10.9 Å². The van der Waals surface area contributed by atoms with Crippen molar-refractivity contribution in [3.05, 3.63) is 64.6 Å². The van der Waals surface area contributed by atoms with Crippen molar-refractivity contribution >= 4 is 34.1 Å². The fourth-order valence-corrected chi connectivity index (χ4v) is 2.05. The summed E-state index contributed by atoms with van der Waals surface area (Å²) in [5.74, 6) is 0.964. The Labute approximate surface area is 120 Å². The van der Waals surface area contributed by atoms with E-state index in [2.05, 4.69) is 11.1 Å². The Morgan fingerprint density at radius 3 is 2.84 bits per heavy atom.